The first-order chi connectivity index (χ1) is 7.52. The van der Waals surface area contributed by atoms with Gasteiger partial charge in [-0.1, -0.05) is 13.3 Å². The number of hydrogen-bond donors (Lipinski definition) is 2. The number of nitrogens with two attached hydrogens (primary N) is 1. The molecule has 0 aliphatic carbocycles. The van der Waals surface area contributed by atoms with Crippen molar-refractivity contribution in [1.82, 2.24) is 4.98 Å². The first-order valence-corrected chi connectivity index (χ1v) is 4.98. The van der Waals surface area contributed by atoms with Gasteiger partial charge in [0.15, 0.2) is 0 Å². The number of aryl methyl sites for hydroxylation is 1. The molecule has 3 N–H and O–H groups in total. The molecule has 5 nitrogen and oxygen atoms in total. The molecule has 1 aromatic heterocycles. The van der Waals surface area contributed by atoms with Crippen LogP contribution >= 0.6 is 0 Å². The Morgan fingerprint density at radius 1 is 1.56 bits per heavy atom. The average Bonchev–Trinajstić information content (AvgIpc) is 2.22. The van der Waals surface area contributed by atoms with Crippen LogP contribution in [0, 0.1) is 18.3 Å². The Balaban J connectivity index is 3.59. The van der Waals surface area contributed by atoms with E-state index in [-0.39, 0.29) is 11.1 Å². The number of aromatic nitrogens is 1. The first-order valence-electron chi connectivity index (χ1n) is 4.98. The van der Waals surface area contributed by atoms with Crippen LogP contribution in [-0.2, 0) is 6.42 Å². The van der Waals surface area contributed by atoms with Crippen molar-refractivity contribution in [2.45, 2.75) is 26.7 Å². The SMILES string of the molecule is CCCc1[nH]c(=O)c(C(N)=O)c(C#N)c1C. The van der Waals surface area contributed by atoms with Gasteiger partial charge in [0.2, 0.25) is 0 Å². The van der Waals surface area contributed by atoms with Crippen molar-refractivity contribution in [3.63, 3.8) is 0 Å². The third-order valence-electron chi connectivity index (χ3n) is 2.43. The van der Waals surface area contributed by atoms with Gasteiger partial charge in [-0.2, -0.15) is 5.26 Å². The van der Waals surface area contributed by atoms with Crippen molar-refractivity contribution in [3.05, 3.63) is 32.7 Å². The second-order valence-corrected chi connectivity index (χ2v) is 3.53. The topological polar surface area (TPSA) is 99.7 Å². The van der Waals surface area contributed by atoms with Gasteiger partial charge < -0.3 is 10.7 Å². The number of H-pyrrole nitrogens is 1. The summed E-state index contributed by atoms with van der Waals surface area (Å²) < 4.78 is 0. The molecule has 0 fully saturated rings. The van der Waals surface area contributed by atoms with Gasteiger partial charge in [0.1, 0.15) is 11.6 Å². The molecule has 1 rings (SSSR count). The summed E-state index contributed by atoms with van der Waals surface area (Å²) in [6, 6.07) is 1.86. The van der Waals surface area contributed by atoms with E-state index in [2.05, 4.69) is 4.98 Å². The zero-order valence-electron chi connectivity index (χ0n) is 9.26. The Labute approximate surface area is 92.9 Å². The van der Waals surface area contributed by atoms with Gasteiger partial charge in [0, 0.05) is 5.69 Å². The van der Waals surface area contributed by atoms with E-state index in [1.165, 1.54) is 0 Å². The second-order valence-electron chi connectivity index (χ2n) is 3.53. The van der Waals surface area contributed by atoms with Gasteiger partial charge in [-0.05, 0) is 18.9 Å². The van der Waals surface area contributed by atoms with Gasteiger partial charge in [-0.3, -0.25) is 9.59 Å². The van der Waals surface area contributed by atoms with Gasteiger partial charge in [0.25, 0.3) is 11.5 Å². The predicted octanol–water partition coefficient (Wildman–Crippen LogP) is 0.606. The molecule has 16 heavy (non-hydrogen) atoms. The minimum atomic E-state index is -0.871. The zero-order chi connectivity index (χ0) is 12.3. The van der Waals surface area contributed by atoms with Crippen LogP contribution < -0.4 is 11.3 Å². The molecule has 0 aliphatic rings. The number of carbonyl (C=O) groups is 1. The van der Waals surface area contributed by atoms with Crippen LogP contribution in [0.15, 0.2) is 4.79 Å². The van der Waals surface area contributed by atoms with Crippen LogP contribution in [0.1, 0.15) is 40.5 Å². The highest BCUT2D eigenvalue weighted by Gasteiger charge is 2.17. The maximum Gasteiger partial charge on any atom is 0.262 e. The van der Waals surface area contributed by atoms with Crippen molar-refractivity contribution in [1.29, 1.82) is 5.26 Å². The molecule has 0 saturated carbocycles. The van der Waals surface area contributed by atoms with E-state index in [1.807, 2.05) is 13.0 Å². The van der Waals surface area contributed by atoms with Crippen LogP contribution in [0.25, 0.3) is 0 Å². The Hall–Kier alpha value is -2.09. The molecule has 0 radical (unpaired) electrons. The lowest BCUT2D eigenvalue weighted by atomic mass is 10.0. The number of nitrogens with zero attached hydrogens (tertiary/aromatic N) is 1. The fourth-order valence-electron chi connectivity index (χ4n) is 1.62. The van der Waals surface area contributed by atoms with Gasteiger partial charge >= 0.3 is 0 Å². The molecule has 0 aromatic carbocycles. The van der Waals surface area contributed by atoms with Crippen LogP contribution in [0.3, 0.4) is 0 Å². The number of nitrogens with one attached hydrogen (secondary N) is 1. The number of hydrogen-bond acceptors (Lipinski definition) is 3. The van der Waals surface area contributed by atoms with E-state index in [0.717, 1.165) is 6.42 Å². The Kier molecular flexibility index (Phi) is 3.46. The molecule has 0 atom stereocenters. The largest absolute Gasteiger partial charge is 0.365 e. The lowest BCUT2D eigenvalue weighted by Crippen LogP contribution is -2.27. The molecule has 0 bridgehead atoms. The lowest BCUT2D eigenvalue weighted by molar-refractivity contribution is 0.0998. The Bertz CT molecular complexity index is 523. The fourth-order valence-corrected chi connectivity index (χ4v) is 1.62. The molecule has 1 heterocycles. The molecule has 0 saturated heterocycles. The summed E-state index contributed by atoms with van der Waals surface area (Å²) in [5.41, 5.74) is 5.63. The highest BCUT2D eigenvalue weighted by molar-refractivity contribution is 5.95. The summed E-state index contributed by atoms with van der Waals surface area (Å²) >= 11 is 0. The van der Waals surface area contributed by atoms with E-state index >= 15 is 0 Å². The van der Waals surface area contributed by atoms with E-state index in [9.17, 15) is 9.59 Å². The minimum Gasteiger partial charge on any atom is -0.365 e. The molecule has 1 amide bonds. The maximum absolute atomic E-state index is 11.6. The maximum atomic E-state index is 11.6. The van der Waals surface area contributed by atoms with Crippen LogP contribution in [0.2, 0.25) is 0 Å². The number of amides is 1. The number of nitriles is 1. The van der Waals surface area contributed by atoms with Crippen molar-refractivity contribution in [2.24, 2.45) is 5.73 Å². The van der Waals surface area contributed by atoms with E-state index < -0.39 is 11.5 Å². The predicted molar refractivity (Wildman–Crippen MR) is 59.0 cm³/mol. The average molecular weight is 219 g/mol. The second kappa shape index (κ2) is 4.62. The first kappa shape index (κ1) is 12.0. The Morgan fingerprint density at radius 2 is 2.19 bits per heavy atom. The summed E-state index contributed by atoms with van der Waals surface area (Å²) in [4.78, 5) is 25.2. The lowest BCUT2D eigenvalue weighted by Gasteiger charge is -2.08. The number of pyridine rings is 1. The molecular weight excluding hydrogens is 206 g/mol. The summed E-state index contributed by atoms with van der Waals surface area (Å²) in [5, 5.41) is 8.95. The monoisotopic (exact) mass is 219 g/mol. The normalized spacial score (nSPS) is 9.81. The smallest absolute Gasteiger partial charge is 0.262 e. The summed E-state index contributed by atoms with van der Waals surface area (Å²) in [6.07, 6.45) is 1.51. The van der Waals surface area contributed by atoms with Crippen molar-refractivity contribution < 1.29 is 4.79 Å². The fraction of sp³-hybridized carbons (Fsp3) is 0.364. The summed E-state index contributed by atoms with van der Waals surface area (Å²) in [6.45, 7) is 3.66. The van der Waals surface area contributed by atoms with Gasteiger partial charge in [-0.15, -0.1) is 0 Å². The van der Waals surface area contributed by atoms with Crippen molar-refractivity contribution in [3.8, 4) is 6.07 Å². The molecule has 0 unspecified atom stereocenters. The summed E-state index contributed by atoms with van der Waals surface area (Å²) in [5.74, 6) is -0.871. The van der Waals surface area contributed by atoms with E-state index in [0.29, 0.717) is 17.7 Å². The molecule has 0 aliphatic heterocycles. The van der Waals surface area contributed by atoms with E-state index in [4.69, 9.17) is 11.0 Å². The third-order valence-corrected chi connectivity index (χ3v) is 2.43. The van der Waals surface area contributed by atoms with E-state index in [1.54, 1.807) is 6.92 Å². The molecule has 1 aromatic rings. The van der Waals surface area contributed by atoms with Crippen molar-refractivity contribution >= 4 is 5.91 Å². The standard InChI is InChI=1S/C11H13N3O2/c1-3-4-8-6(2)7(5-12)9(10(13)15)11(16)14-8/h3-4H2,1-2H3,(H2,13,15)(H,14,16). The quantitative estimate of drug-likeness (QED) is 0.778. The molecule has 84 valence electrons. The Morgan fingerprint density at radius 3 is 2.62 bits per heavy atom. The van der Waals surface area contributed by atoms with Crippen molar-refractivity contribution in [2.75, 3.05) is 0 Å². The number of primary amides is 1. The zero-order valence-corrected chi connectivity index (χ0v) is 9.26. The third kappa shape index (κ3) is 1.96. The number of rotatable bonds is 3. The number of aromatic amines is 1. The highest BCUT2D eigenvalue weighted by atomic mass is 16.2. The van der Waals surface area contributed by atoms with Gasteiger partial charge in [-0.25, -0.2) is 0 Å². The number of carbonyl (C=O) groups excluding carboxylic acids is 1. The molecule has 0 spiro atoms. The van der Waals surface area contributed by atoms with Crippen LogP contribution in [0.5, 0.6) is 0 Å². The molecule has 5 heteroatoms. The molecular formula is C11H13N3O2. The van der Waals surface area contributed by atoms with Gasteiger partial charge in [0.05, 0.1) is 5.56 Å². The summed E-state index contributed by atoms with van der Waals surface area (Å²) in [7, 11) is 0. The highest BCUT2D eigenvalue weighted by Crippen LogP contribution is 2.13. The van der Waals surface area contributed by atoms with Crippen LogP contribution in [0.4, 0.5) is 0 Å². The van der Waals surface area contributed by atoms with Crippen LogP contribution in [-0.4, -0.2) is 10.9 Å². The minimum absolute atomic E-state index is 0.0831.